The van der Waals surface area contributed by atoms with Gasteiger partial charge >= 0.3 is 0 Å². The number of aryl methyl sites for hydroxylation is 1. The Labute approximate surface area is 182 Å². The normalized spacial score (nSPS) is 18.8. The van der Waals surface area contributed by atoms with Crippen LogP contribution in [-0.2, 0) is 0 Å². The molecule has 1 aliphatic rings. The van der Waals surface area contributed by atoms with Crippen molar-refractivity contribution in [1.82, 2.24) is 10.3 Å². The number of rotatable bonds is 6. The van der Waals surface area contributed by atoms with Crippen molar-refractivity contribution < 1.29 is 9.50 Å². The molecule has 2 unspecified atom stereocenters. The van der Waals surface area contributed by atoms with Crippen LogP contribution in [0.4, 0.5) is 4.39 Å². The van der Waals surface area contributed by atoms with Crippen molar-refractivity contribution in [2.75, 3.05) is 6.54 Å². The van der Waals surface area contributed by atoms with Gasteiger partial charge in [-0.15, -0.1) is 0 Å². The monoisotopic (exact) mass is 422 g/mol. The molecule has 0 saturated carbocycles. The van der Waals surface area contributed by atoms with Crippen molar-refractivity contribution in [1.29, 1.82) is 5.41 Å². The molecule has 5 nitrogen and oxygen atoms in total. The molecule has 0 fully saturated rings. The van der Waals surface area contributed by atoms with Crippen molar-refractivity contribution >= 4 is 23.7 Å². The molecular weight excluding hydrogens is 391 g/mol. The number of aliphatic imine (C=N–C) groups is 1. The zero-order valence-electron chi connectivity index (χ0n) is 18.8. The second-order valence-electron chi connectivity index (χ2n) is 8.02. The van der Waals surface area contributed by atoms with Crippen LogP contribution in [0.2, 0.25) is 0 Å². The van der Waals surface area contributed by atoms with Gasteiger partial charge in [-0.05, 0) is 57.2 Å². The number of aromatic nitrogens is 1. The number of amidine groups is 1. The molecule has 0 bridgehead atoms. The molecule has 2 atom stereocenters. The van der Waals surface area contributed by atoms with Gasteiger partial charge in [0, 0.05) is 34.8 Å². The molecule has 0 spiro atoms. The highest BCUT2D eigenvalue weighted by atomic mass is 19.1. The predicted molar refractivity (Wildman–Crippen MR) is 126 cm³/mol. The standard InChI is InChI=1S/C25H31FN4O/c1-6-17-12-21-19(13-18(17)23-14(3)9-8-10-20(23)26)24(25(31)30-21)16(5)29-22(27)11-15(4)28-7-2/h8-13,17-18,27-28,30-31H,6-7H2,1-5H3/b15-11-,27-22?,29-16?. The first-order valence-electron chi connectivity index (χ1n) is 10.7. The average Bonchev–Trinajstić information content (AvgIpc) is 3.01. The zero-order valence-corrected chi connectivity index (χ0v) is 18.8. The molecule has 164 valence electrons. The lowest BCUT2D eigenvalue weighted by atomic mass is 9.79. The van der Waals surface area contributed by atoms with Crippen LogP contribution < -0.4 is 15.9 Å². The lowest BCUT2D eigenvalue weighted by Gasteiger charge is -2.25. The number of aromatic amines is 1. The highest BCUT2D eigenvalue weighted by Gasteiger charge is 2.27. The Balaban J connectivity index is 2.13. The molecule has 0 amide bonds. The molecule has 3 rings (SSSR count). The summed E-state index contributed by atoms with van der Waals surface area (Å²) in [6.45, 7) is 10.4. The fraction of sp³-hybridized carbons (Fsp3) is 0.360. The zero-order chi connectivity index (χ0) is 22.7. The third-order valence-electron chi connectivity index (χ3n) is 5.77. The van der Waals surface area contributed by atoms with E-state index < -0.39 is 0 Å². The van der Waals surface area contributed by atoms with E-state index in [0.717, 1.165) is 34.8 Å². The summed E-state index contributed by atoms with van der Waals surface area (Å²) in [6, 6.07) is 5.16. The van der Waals surface area contributed by atoms with E-state index >= 15 is 0 Å². The van der Waals surface area contributed by atoms with Crippen LogP contribution >= 0.6 is 0 Å². The number of aromatic hydroxyl groups is 1. The maximum atomic E-state index is 14.8. The topological polar surface area (TPSA) is 84.3 Å². The molecule has 0 aliphatic heterocycles. The van der Waals surface area contributed by atoms with Gasteiger partial charge in [0.1, 0.15) is 11.7 Å². The molecule has 2 aromatic rings. The van der Waals surface area contributed by atoms with Crippen LogP contribution in [0.5, 0.6) is 5.88 Å². The fourth-order valence-electron chi connectivity index (χ4n) is 4.35. The van der Waals surface area contributed by atoms with Crippen LogP contribution in [0.3, 0.4) is 0 Å². The van der Waals surface area contributed by atoms with Crippen LogP contribution in [0.1, 0.15) is 56.7 Å². The molecule has 1 heterocycles. The molecule has 1 aromatic heterocycles. The van der Waals surface area contributed by atoms with Gasteiger partial charge in [-0.3, -0.25) is 5.41 Å². The summed E-state index contributed by atoms with van der Waals surface area (Å²) < 4.78 is 14.8. The van der Waals surface area contributed by atoms with Crippen molar-refractivity contribution in [2.24, 2.45) is 10.9 Å². The second kappa shape index (κ2) is 9.33. The molecule has 0 radical (unpaired) electrons. The summed E-state index contributed by atoms with van der Waals surface area (Å²) in [5.74, 6) is -0.141. The Bertz CT molecular complexity index is 1150. The summed E-state index contributed by atoms with van der Waals surface area (Å²) in [6.07, 6.45) is 6.60. The van der Waals surface area contributed by atoms with Gasteiger partial charge in [-0.25, -0.2) is 9.38 Å². The minimum Gasteiger partial charge on any atom is -0.494 e. The first-order valence-corrected chi connectivity index (χ1v) is 10.7. The maximum Gasteiger partial charge on any atom is 0.198 e. The van der Waals surface area contributed by atoms with E-state index in [1.807, 2.05) is 32.9 Å². The van der Waals surface area contributed by atoms with Gasteiger partial charge in [-0.1, -0.05) is 31.2 Å². The Morgan fingerprint density at radius 2 is 2.03 bits per heavy atom. The summed E-state index contributed by atoms with van der Waals surface area (Å²) in [4.78, 5) is 7.42. The van der Waals surface area contributed by atoms with Crippen molar-refractivity contribution in [3.63, 3.8) is 0 Å². The van der Waals surface area contributed by atoms with Gasteiger partial charge in [-0.2, -0.15) is 0 Å². The summed E-state index contributed by atoms with van der Waals surface area (Å²) in [7, 11) is 0. The van der Waals surface area contributed by atoms with E-state index in [-0.39, 0.29) is 29.4 Å². The minimum atomic E-state index is -0.214. The molecular formula is C25H31FN4O. The third-order valence-corrected chi connectivity index (χ3v) is 5.77. The quantitative estimate of drug-likeness (QED) is 0.421. The number of hydrogen-bond acceptors (Lipinski definition) is 3. The van der Waals surface area contributed by atoms with Crippen LogP contribution in [0.15, 0.2) is 35.0 Å². The fourth-order valence-corrected chi connectivity index (χ4v) is 4.35. The summed E-state index contributed by atoms with van der Waals surface area (Å²) in [5, 5.41) is 23.6. The van der Waals surface area contributed by atoms with E-state index in [0.29, 0.717) is 16.8 Å². The molecule has 31 heavy (non-hydrogen) atoms. The van der Waals surface area contributed by atoms with E-state index in [1.165, 1.54) is 6.07 Å². The number of hydrogen-bond donors (Lipinski definition) is 4. The van der Waals surface area contributed by atoms with Gasteiger partial charge in [0.25, 0.3) is 0 Å². The second-order valence-corrected chi connectivity index (χ2v) is 8.02. The van der Waals surface area contributed by atoms with Crippen LogP contribution in [-0.4, -0.2) is 28.2 Å². The van der Waals surface area contributed by atoms with Gasteiger partial charge < -0.3 is 15.4 Å². The number of H-pyrrole nitrogens is 1. The average molecular weight is 423 g/mol. The van der Waals surface area contributed by atoms with Gasteiger partial charge in [0.05, 0.1) is 11.3 Å². The summed E-state index contributed by atoms with van der Waals surface area (Å²) >= 11 is 0. The molecule has 4 N–H and O–H groups in total. The smallest absolute Gasteiger partial charge is 0.198 e. The molecule has 1 aliphatic carbocycles. The number of benzene rings is 1. The number of allylic oxidation sites excluding steroid dienone is 1. The SMILES string of the molecule is CCN/C(C)=C\C(=N)N=C(C)c1c(O)[nH]c2c1=CC(c1c(C)cccc1F)C(CC)C=2. The van der Waals surface area contributed by atoms with E-state index in [9.17, 15) is 9.50 Å². The van der Waals surface area contributed by atoms with E-state index in [4.69, 9.17) is 5.41 Å². The molecule has 1 aromatic carbocycles. The number of halogens is 1. The largest absolute Gasteiger partial charge is 0.494 e. The lowest BCUT2D eigenvalue weighted by Crippen LogP contribution is -2.34. The predicted octanol–water partition coefficient (Wildman–Crippen LogP) is 3.85. The highest BCUT2D eigenvalue weighted by molar-refractivity contribution is 6.09. The Morgan fingerprint density at radius 1 is 1.29 bits per heavy atom. The van der Waals surface area contributed by atoms with Crippen molar-refractivity contribution in [3.05, 3.63) is 63.0 Å². The first-order chi connectivity index (χ1) is 14.8. The van der Waals surface area contributed by atoms with Crippen molar-refractivity contribution in [3.8, 4) is 5.88 Å². The van der Waals surface area contributed by atoms with Crippen molar-refractivity contribution in [2.45, 2.75) is 47.0 Å². The highest BCUT2D eigenvalue weighted by Crippen LogP contribution is 2.35. The number of nitrogens with zero attached hydrogens (tertiary/aromatic N) is 1. The first kappa shape index (κ1) is 22.5. The lowest BCUT2D eigenvalue weighted by molar-refractivity contribution is 0.455. The maximum absolute atomic E-state index is 14.8. The molecule has 6 heteroatoms. The third kappa shape index (κ3) is 4.63. The summed E-state index contributed by atoms with van der Waals surface area (Å²) in [5.41, 5.74) is 3.54. The minimum absolute atomic E-state index is 0.0136. The Kier molecular flexibility index (Phi) is 6.78. The molecule has 0 saturated heterocycles. The van der Waals surface area contributed by atoms with Gasteiger partial charge in [0.15, 0.2) is 5.88 Å². The number of fused-ring (bicyclic) bond motifs is 1. The Morgan fingerprint density at radius 3 is 2.68 bits per heavy atom. The number of nitrogens with one attached hydrogen (secondary N) is 3. The van der Waals surface area contributed by atoms with Gasteiger partial charge in [0.2, 0.25) is 0 Å². The van der Waals surface area contributed by atoms with E-state index in [2.05, 4.69) is 28.3 Å². The van der Waals surface area contributed by atoms with Crippen LogP contribution in [0, 0.1) is 24.1 Å². The van der Waals surface area contributed by atoms with Crippen LogP contribution in [0.25, 0.3) is 12.2 Å². The van der Waals surface area contributed by atoms with E-state index in [1.54, 1.807) is 19.1 Å². The Hall–Kier alpha value is -3.15.